The Balaban J connectivity index is 1.14. The van der Waals surface area contributed by atoms with Gasteiger partial charge in [0.2, 0.25) is 5.91 Å². The number of piperidine rings is 1. The molecule has 154 valence electrons. The normalized spacial score (nSPS) is 27.2. The Bertz CT molecular complexity index is 696. The molecule has 2 N–H and O–H groups in total. The van der Waals surface area contributed by atoms with Crippen molar-refractivity contribution in [1.29, 1.82) is 0 Å². The summed E-state index contributed by atoms with van der Waals surface area (Å²) in [5, 5.41) is 6.43. The first-order valence-corrected chi connectivity index (χ1v) is 9.94. The summed E-state index contributed by atoms with van der Waals surface area (Å²) in [5.74, 6) is 1.81. The van der Waals surface area contributed by atoms with E-state index in [4.69, 9.17) is 0 Å². The summed E-state index contributed by atoms with van der Waals surface area (Å²) in [6.45, 7) is 3.78. The lowest BCUT2D eigenvalue weighted by atomic mass is 9.93. The van der Waals surface area contributed by atoms with Crippen molar-refractivity contribution in [3.05, 3.63) is 29.8 Å². The lowest BCUT2D eigenvalue weighted by Crippen LogP contribution is -2.45. The third-order valence-corrected chi connectivity index (χ3v) is 6.13. The minimum absolute atomic E-state index is 0.140. The van der Waals surface area contributed by atoms with Crippen LogP contribution in [-0.4, -0.2) is 49.4 Å². The van der Waals surface area contributed by atoms with Crippen LogP contribution < -0.4 is 15.4 Å². The summed E-state index contributed by atoms with van der Waals surface area (Å²) in [5.41, 5.74) is 0.766. The molecule has 0 aromatic heterocycles. The van der Waals surface area contributed by atoms with Gasteiger partial charge in [0, 0.05) is 25.7 Å². The van der Waals surface area contributed by atoms with Crippen molar-refractivity contribution >= 4 is 5.91 Å². The van der Waals surface area contributed by atoms with Gasteiger partial charge in [0.15, 0.2) is 0 Å². The van der Waals surface area contributed by atoms with E-state index in [9.17, 15) is 18.0 Å². The van der Waals surface area contributed by atoms with Crippen LogP contribution in [0.3, 0.4) is 0 Å². The van der Waals surface area contributed by atoms with E-state index in [1.807, 2.05) is 0 Å². The number of fused-ring (bicyclic) bond motifs is 1. The van der Waals surface area contributed by atoms with Crippen molar-refractivity contribution in [3.63, 3.8) is 0 Å². The number of carbonyl (C=O) groups is 1. The molecule has 0 bridgehead atoms. The van der Waals surface area contributed by atoms with Crippen LogP contribution in [0.1, 0.15) is 24.8 Å². The number of alkyl halides is 3. The van der Waals surface area contributed by atoms with E-state index in [0.29, 0.717) is 36.9 Å². The lowest BCUT2D eigenvalue weighted by molar-refractivity contribution is -0.274. The van der Waals surface area contributed by atoms with Gasteiger partial charge in [-0.3, -0.25) is 9.69 Å². The van der Waals surface area contributed by atoms with Gasteiger partial charge in [0.25, 0.3) is 0 Å². The summed E-state index contributed by atoms with van der Waals surface area (Å²) in [7, 11) is 0. The number of halogens is 3. The summed E-state index contributed by atoms with van der Waals surface area (Å²) in [6.07, 6.45) is -1.24. The molecule has 2 unspecified atom stereocenters. The summed E-state index contributed by atoms with van der Waals surface area (Å²) in [4.78, 5) is 14.2. The first-order chi connectivity index (χ1) is 13.4. The van der Waals surface area contributed by atoms with Gasteiger partial charge in [-0.1, -0.05) is 12.1 Å². The summed E-state index contributed by atoms with van der Waals surface area (Å²) < 4.78 is 40.8. The van der Waals surface area contributed by atoms with Gasteiger partial charge in [0.05, 0.1) is 6.54 Å². The van der Waals surface area contributed by atoms with Gasteiger partial charge >= 0.3 is 6.36 Å². The second-order valence-corrected chi connectivity index (χ2v) is 8.21. The third-order valence-electron chi connectivity index (χ3n) is 6.13. The number of carbonyl (C=O) groups excluding carboxylic acids is 1. The van der Waals surface area contributed by atoms with Gasteiger partial charge in [-0.05, 0) is 61.3 Å². The van der Waals surface area contributed by atoms with E-state index in [-0.39, 0.29) is 11.7 Å². The minimum Gasteiger partial charge on any atom is -0.406 e. The van der Waals surface area contributed by atoms with Crippen LogP contribution in [0.4, 0.5) is 13.2 Å². The Kier molecular flexibility index (Phi) is 5.51. The van der Waals surface area contributed by atoms with Crippen LogP contribution in [-0.2, 0) is 11.3 Å². The maximum absolute atomic E-state index is 12.3. The smallest absolute Gasteiger partial charge is 0.406 e. The number of likely N-dealkylation sites (tertiary alicyclic amines) is 1. The van der Waals surface area contributed by atoms with Gasteiger partial charge in [-0.25, -0.2) is 0 Å². The zero-order chi connectivity index (χ0) is 19.7. The van der Waals surface area contributed by atoms with Gasteiger partial charge in [-0.2, -0.15) is 0 Å². The molecule has 2 atom stereocenters. The number of rotatable bonds is 8. The van der Waals surface area contributed by atoms with Crippen LogP contribution in [0, 0.1) is 17.8 Å². The fourth-order valence-corrected chi connectivity index (χ4v) is 4.43. The summed E-state index contributed by atoms with van der Waals surface area (Å²) >= 11 is 0. The molecule has 1 aliphatic heterocycles. The molecule has 1 aromatic rings. The molecule has 2 saturated carbocycles. The fraction of sp³-hybridized carbons (Fsp3) is 0.650. The van der Waals surface area contributed by atoms with E-state index in [1.54, 1.807) is 12.1 Å². The van der Waals surface area contributed by atoms with Gasteiger partial charge in [0.1, 0.15) is 5.75 Å². The maximum atomic E-state index is 12.3. The standard InChI is InChI=1S/C20H26F3N3O2/c21-20(22,23)28-15-6-1-3-13(7-15)8-24-9-16-17-10-26(11-18(16)17)12-19(27)25-14-4-2-5-14/h1,3,6-7,14,16-18,24H,2,4-5,8-12H2,(H,25,27). The molecule has 3 fully saturated rings. The molecule has 1 aromatic carbocycles. The number of benzene rings is 1. The zero-order valence-corrected chi connectivity index (χ0v) is 15.7. The Morgan fingerprint density at radius 1 is 1.21 bits per heavy atom. The van der Waals surface area contributed by atoms with Crippen LogP contribution >= 0.6 is 0 Å². The molecule has 4 rings (SSSR count). The molecular formula is C20H26F3N3O2. The van der Waals surface area contributed by atoms with E-state index in [0.717, 1.165) is 38.0 Å². The Labute approximate surface area is 162 Å². The first-order valence-electron chi connectivity index (χ1n) is 9.94. The highest BCUT2D eigenvalue weighted by molar-refractivity contribution is 5.78. The number of hydrogen-bond donors (Lipinski definition) is 2. The maximum Gasteiger partial charge on any atom is 0.573 e. The van der Waals surface area contributed by atoms with E-state index < -0.39 is 6.36 Å². The largest absolute Gasteiger partial charge is 0.573 e. The van der Waals surface area contributed by atoms with Crippen LogP contribution in [0.2, 0.25) is 0 Å². The predicted octanol–water partition coefficient (Wildman–Crippen LogP) is 2.52. The second kappa shape index (κ2) is 7.91. The van der Waals surface area contributed by atoms with E-state index >= 15 is 0 Å². The average Bonchev–Trinajstić information content (AvgIpc) is 3.02. The zero-order valence-electron chi connectivity index (χ0n) is 15.7. The van der Waals surface area contributed by atoms with Crippen molar-refractivity contribution in [2.45, 2.75) is 38.2 Å². The van der Waals surface area contributed by atoms with Crippen molar-refractivity contribution < 1.29 is 22.7 Å². The topological polar surface area (TPSA) is 53.6 Å². The first kappa shape index (κ1) is 19.5. The highest BCUT2D eigenvalue weighted by Crippen LogP contribution is 2.51. The molecule has 0 radical (unpaired) electrons. The van der Waals surface area contributed by atoms with Gasteiger partial charge < -0.3 is 15.4 Å². The number of amides is 1. The minimum atomic E-state index is -4.67. The molecule has 1 saturated heterocycles. The molecule has 5 nitrogen and oxygen atoms in total. The van der Waals surface area contributed by atoms with Crippen molar-refractivity contribution in [2.24, 2.45) is 17.8 Å². The number of ether oxygens (including phenoxy) is 1. The highest BCUT2D eigenvalue weighted by Gasteiger charge is 2.55. The van der Waals surface area contributed by atoms with E-state index in [2.05, 4.69) is 20.3 Å². The quantitative estimate of drug-likeness (QED) is 0.708. The third kappa shape index (κ3) is 4.97. The Hall–Kier alpha value is -1.80. The predicted molar refractivity (Wildman–Crippen MR) is 97.5 cm³/mol. The molecule has 0 spiro atoms. The lowest BCUT2D eigenvalue weighted by Gasteiger charge is -2.28. The Morgan fingerprint density at radius 2 is 1.96 bits per heavy atom. The monoisotopic (exact) mass is 397 g/mol. The van der Waals surface area contributed by atoms with Crippen molar-refractivity contribution in [1.82, 2.24) is 15.5 Å². The SMILES string of the molecule is O=C(CN1CC2C(CNCc3cccc(OC(F)(F)F)c3)C2C1)NC1CCC1. The fourth-order valence-electron chi connectivity index (χ4n) is 4.43. The van der Waals surface area contributed by atoms with Crippen molar-refractivity contribution in [2.75, 3.05) is 26.2 Å². The van der Waals surface area contributed by atoms with Crippen LogP contribution in [0.25, 0.3) is 0 Å². The number of nitrogens with one attached hydrogen (secondary N) is 2. The molecule has 1 heterocycles. The van der Waals surface area contributed by atoms with Gasteiger partial charge in [-0.15, -0.1) is 13.2 Å². The number of hydrogen-bond acceptors (Lipinski definition) is 4. The van der Waals surface area contributed by atoms with Crippen LogP contribution in [0.5, 0.6) is 5.75 Å². The molecule has 3 aliphatic rings. The molecule has 8 heteroatoms. The average molecular weight is 397 g/mol. The van der Waals surface area contributed by atoms with E-state index in [1.165, 1.54) is 18.6 Å². The Morgan fingerprint density at radius 3 is 2.61 bits per heavy atom. The molecule has 1 amide bonds. The number of nitrogens with zero attached hydrogens (tertiary/aromatic N) is 1. The summed E-state index contributed by atoms with van der Waals surface area (Å²) in [6, 6.07) is 6.46. The highest BCUT2D eigenvalue weighted by atomic mass is 19.4. The molecule has 28 heavy (non-hydrogen) atoms. The second-order valence-electron chi connectivity index (χ2n) is 8.21. The van der Waals surface area contributed by atoms with Crippen molar-refractivity contribution in [3.8, 4) is 5.75 Å². The van der Waals surface area contributed by atoms with Crippen LogP contribution in [0.15, 0.2) is 24.3 Å². The molecular weight excluding hydrogens is 371 g/mol. The molecule has 2 aliphatic carbocycles.